The Morgan fingerprint density at radius 3 is 2.94 bits per heavy atom. The minimum Gasteiger partial charge on any atom is -0.496 e. The molecular weight excluding hydrogens is 228 g/mol. The summed E-state index contributed by atoms with van der Waals surface area (Å²) in [4.78, 5) is 11.8. The molecular formula is C9H8N4O2S. The van der Waals surface area contributed by atoms with Crippen LogP contribution in [0.3, 0.4) is 0 Å². The molecule has 0 aliphatic heterocycles. The highest BCUT2D eigenvalue weighted by Gasteiger charge is 2.12. The predicted molar refractivity (Wildman–Crippen MR) is 58.7 cm³/mol. The zero-order valence-electron chi connectivity index (χ0n) is 8.38. The second-order valence-corrected chi connectivity index (χ2v) is 3.55. The molecule has 1 aromatic carbocycles. The van der Waals surface area contributed by atoms with Crippen LogP contribution in [0.25, 0.3) is 0 Å². The Hall–Kier alpha value is -2.02. The molecule has 0 atom stereocenters. The highest BCUT2D eigenvalue weighted by atomic mass is 32.1. The summed E-state index contributed by atoms with van der Waals surface area (Å²) in [6, 6.07) is 6.94. The zero-order chi connectivity index (χ0) is 11.4. The number of hydrogen-bond donors (Lipinski definition) is 1. The third-order valence-corrected chi connectivity index (χ3v) is 2.38. The molecule has 1 N–H and O–H groups in total. The van der Waals surface area contributed by atoms with Gasteiger partial charge in [0.25, 0.3) is 5.91 Å². The van der Waals surface area contributed by atoms with Gasteiger partial charge in [0.15, 0.2) is 0 Å². The molecule has 0 fully saturated rings. The fourth-order valence-electron chi connectivity index (χ4n) is 1.18. The molecule has 0 radical (unpaired) electrons. The quantitative estimate of drug-likeness (QED) is 0.866. The van der Waals surface area contributed by atoms with Gasteiger partial charge in [-0.3, -0.25) is 10.1 Å². The first-order valence-corrected chi connectivity index (χ1v) is 5.18. The Labute approximate surface area is 95.4 Å². The molecule has 1 heterocycles. The molecule has 1 amide bonds. The highest BCUT2D eigenvalue weighted by molar-refractivity contribution is 7.09. The molecule has 1 aromatic heterocycles. The Morgan fingerprint density at radius 2 is 2.25 bits per heavy atom. The Bertz CT molecular complexity index is 486. The van der Waals surface area contributed by atoms with Crippen LogP contribution in [-0.2, 0) is 0 Å². The van der Waals surface area contributed by atoms with Crippen molar-refractivity contribution in [2.45, 2.75) is 0 Å². The fourth-order valence-corrected chi connectivity index (χ4v) is 1.54. The first-order chi connectivity index (χ1) is 7.81. The van der Waals surface area contributed by atoms with Crippen molar-refractivity contribution >= 4 is 22.6 Å². The summed E-state index contributed by atoms with van der Waals surface area (Å²) in [7, 11) is 1.51. The number of carbonyl (C=O) groups is 1. The number of nitrogens with one attached hydrogen (secondary N) is 1. The lowest BCUT2D eigenvalue weighted by Crippen LogP contribution is -2.12. The molecule has 0 aliphatic rings. The van der Waals surface area contributed by atoms with Crippen molar-refractivity contribution in [3.8, 4) is 5.75 Å². The SMILES string of the molecule is COc1ccccc1C(=O)Nc1nnns1. The maximum Gasteiger partial charge on any atom is 0.261 e. The van der Waals surface area contributed by atoms with E-state index >= 15 is 0 Å². The minimum absolute atomic E-state index is 0.295. The molecule has 2 aromatic rings. The van der Waals surface area contributed by atoms with Gasteiger partial charge in [-0.15, -0.1) is 0 Å². The van der Waals surface area contributed by atoms with E-state index in [1.165, 1.54) is 7.11 Å². The summed E-state index contributed by atoms with van der Waals surface area (Å²) in [5.41, 5.74) is 0.445. The van der Waals surface area contributed by atoms with Crippen LogP contribution in [0.15, 0.2) is 24.3 Å². The number of para-hydroxylation sites is 1. The lowest BCUT2D eigenvalue weighted by Gasteiger charge is -2.06. The van der Waals surface area contributed by atoms with E-state index < -0.39 is 0 Å². The zero-order valence-corrected chi connectivity index (χ0v) is 9.19. The van der Waals surface area contributed by atoms with E-state index in [4.69, 9.17) is 4.74 Å². The smallest absolute Gasteiger partial charge is 0.261 e. The summed E-state index contributed by atoms with van der Waals surface area (Å²) >= 11 is 1.01. The predicted octanol–water partition coefficient (Wildman–Crippen LogP) is 1.19. The highest BCUT2D eigenvalue weighted by Crippen LogP contribution is 2.18. The molecule has 82 valence electrons. The van der Waals surface area contributed by atoms with Crippen LogP contribution < -0.4 is 10.1 Å². The Kier molecular flexibility index (Phi) is 3.06. The van der Waals surface area contributed by atoms with E-state index in [2.05, 4.69) is 20.1 Å². The van der Waals surface area contributed by atoms with Crippen molar-refractivity contribution < 1.29 is 9.53 Å². The summed E-state index contributed by atoms with van der Waals surface area (Å²) in [5, 5.41) is 9.94. The average molecular weight is 236 g/mol. The van der Waals surface area contributed by atoms with Crippen LogP contribution in [0, 0.1) is 0 Å². The monoisotopic (exact) mass is 236 g/mol. The molecule has 0 saturated heterocycles. The normalized spacial score (nSPS) is 9.81. The van der Waals surface area contributed by atoms with Gasteiger partial charge < -0.3 is 4.74 Å². The van der Waals surface area contributed by atoms with E-state index in [0.717, 1.165) is 11.5 Å². The standard InChI is InChI=1S/C9H8N4O2S/c1-15-7-5-3-2-4-6(7)8(14)10-9-11-12-13-16-9/h2-5H,1H3,(H,10,11,13,14). The van der Waals surface area contributed by atoms with Crippen LogP contribution in [0.2, 0.25) is 0 Å². The second kappa shape index (κ2) is 4.67. The van der Waals surface area contributed by atoms with E-state index in [-0.39, 0.29) is 5.91 Å². The third kappa shape index (κ3) is 2.14. The maximum atomic E-state index is 11.8. The summed E-state index contributed by atoms with van der Waals surface area (Å²) in [5.74, 6) is 0.216. The molecule has 16 heavy (non-hydrogen) atoms. The van der Waals surface area contributed by atoms with Gasteiger partial charge >= 0.3 is 0 Å². The molecule has 6 nitrogen and oxygen atoms in total. The molecule has 0 bridgehead atoms. The lowest BCUT2D eigenvalue weighted by molar-refractivity contribution is 0.102. The first-order valence-electron chi connectivity index (χ1n) is 4.40. The van der Waals surface area contributed by atoms with Gasteiger partial charge in [-0.2, -0.15) is 0 Å². The van der Waals surface area contributed by atoms with Crippen molar-refractivity contribution in [2.24, 2.45) is 0 Å². The van der Waals surface area contributed by atoms with Gasteiger partial charge in [0.2, 0.25) is 5.13 Å². The van der Waals surface area contributed by atoms with E-state index in [0.29, 0.717) is 16.4 Å². The number of benzene rings is 1. The van der Waals surface area contributed by atoms with E-state index in [1.54, 1.807) is 24.3 Å². The van der Waals surface area contributed by atoms with Crippen molar-refractivity contribution in [1.82, 2.24) is 14.8 Å². The van der Waals surface area contributed by atoms with Gasteiger partial charge in [-0.1, -0.05) is 21.7 Å². The molecule has 0 unspecified atom stereocenters. The number of rotatable bonds is 3. The number of amides is 1. The summed E-state index contributed by atoms with van der Waals surface area (Å²) in [6.45, 7) is 0. The summed E-state index contributed by atoms with van der Waals surface area (Å²) < 4.78 is 8.62. The number of aromatic nitrogens is 3. The average Bonchev–Trinajstić information content (AvgIpc) is 2.81. The topological polar surface area (TPSA) is 77.0 Å². The third-order valence-electron chi connectivity index (χ3n) is 1.87. The second-order valence-electron chi connectivity index (χ2n) is 2.82. The van der Waals surface area contributed by atoms with Crippen LogP contribution in [0.1, 0.15) is 10.4 Å². The van der Waals surface area contributed by atoms with E-state index in [1.807, 2.05) is 0 Å². The van der Waals surface area contributed by atoms with Gasteiger partial charge in [-0.05, 0) is 17.3 Å². The van der Waals surface area contributed by atoms with Crippen LogP contribution in [0.5, 0.6) is 5.75 Å². The van der Waals surface area contributed by atoms with Crippen LogP contribution >= 0.6 is 11.5 Å². The Morgan fingerprint density at radius 1 is 1.44 bits per heavy atom. The van der Waals surface area contributed by atoms with Gasteiger partial charge in [0.1, 0.15) is 5.75 Å². The Balaban J connectivity index is 2.21. The number of carbonyl (C=O) groups excluding carboxylic acids is 1. The van der Waals surface area contributed by atoms with Crippen LogP contribution in [0.4, 0.5) is 5.13 Å². The molecule has 0 spiro atoms. The van der Waals surface area contributed by atoms with Crippen molar-refractivity contribution in [3.05, 3.63) is 29.8 Å². The number of ether oxygens (including phenoxy) is 1. The molecule has 7 heteroatoms. The summed E-state index contributed by atoms with van der Waals surface area (Å²) in [6.07, 6.45) is 0. The number of hydrogen-bond acceptors (Lipinski definition) is 6. The minimum atomic E-state index is -0.295. The molecule has 0 saturated carbocycles. The number of nitrogens with zero attached hydrogens (tertiary/aromatic N) is 3. The maximum absolute atomic E-state index is 11.8. The van der Waals surface area contributed by atoms with Gasteiger partial charge in [-0.25, -0.2) is 0 Å². The lowest BCUT2D eigenvalue weighted by atomic mass is 10.2. The van der Waals surface area contributed by atoms with Crippen molar-refractivity contribution in [2.75, 3.05) is 12.4 Å². The van der Waals surface area contributed by atoms with Crippen molar-refractivity contribution in [1.29, 1.82) is 0 Å². The van der Waals surface area contributed by atoms with Gasteiger partial charge in [0, 0.05) is 11.5 Å². The first kappa shape index (κ1) is 10.5. The van der Waals surface area contributed by atoms with Gasteiger partial charge in [0.05, 0.1) is 12.7 Å². The largest absolute Gasteiger partial charge is 0.496 e. The number of anilines is 1. The van der Waals surface area contributed by atoms with E-state index in [9.17, 15) is 4.79 Å². The number of methoxy groups -OCH3 is 1. The molecule has 2 rings (SSSR count). The van der Waals surface area contributed by atoms with Crippen LogP contribution in [-0.4, -0.2) is 27.8 Å². The fraction of sp³-hybridized carbons (Fsp3) is 0.111. The van der Waals surface area contributed by atoms with Crippen molar-refractivity contribution in [3.63, 3.8) is 0 Å². The molecule has 0 aliphatic carbocycles.